The van der Waals surface area contributed by atoms with Crippen molar-refractivity contribution in [1.82, 2.24) is 9.78 Å². The zero-order chi connectivity index (χ0) is 13.0. The molecule has 0 spiro atoms. The quantitative estimate of drug-likeness (QED) is 0.922. The van der Waals surface area contributed by atoms with E-state index in [9.17, 15) is 5.11 Å². The Morgan fingerprint density at radius 2 is 2.22 bits per heavy atom. The Labute approximate surface area is 116 Å². The molecule has 0 bridgehead atoms. The topological polar surface area (TPSA) is 38.0 Å². The summed E-state index contributed by atoms with van der Waals surface area (Å²) in [5.41, 5.74) is 2.33. The van der Waals surface area contributed by atoms with Crippen LogP contribution in [0.15, 0.2) is 41.1 Å². The molecule has 0 aliphatic rings. The van der Waals surface area contributed by atoms with Gasteiger partial charge in [-0.1, -0.05) is 28.1 Å². The van der Waals surface area contributed by atoms with Gasteiger partial charge in [0.25, 0.3) is 0 Å². The first kappa shape index (κ1) is 13.3. The molecule has 1 aromatic carbocycles. The molecule has 2 rings (SSSR count). The summed E-state index contributed by atoms with van der Waals surface area (Å²) in [5, 5.41) is 14.1. The van der Waals surface area contributed by atoms with Gasteiger partial charge in [0.1, 0.15) is 0 Å². The molecule has 0 radical (unpaired) electrons. The number of hydrogen-bond donors (Lipinski definition) is 1. The molecule has 0 saturated heterocycles. The van der Waals surface area contributed by atoms with Crippen molar-refractivity contribution in [2.75, 3.05) is 0 Å². The Bertz CT molecular complexity index is 510. The highest BCUT2D eigenvalue weighted by Crippen LogP contribution is 2.14. The van der Waals surface area contributed by atoms with Gasteiger partial charge in [0.15, 0.2) is 0 Å². The predicted octanol–water partition coefficient (Wildman–Crippen LogP) is 2.72. The zero-order valence-electron chi connectivity index (χ0n) is 10.4. The minimum absolute atomic E-state index is 0.306. The van der Waals surface area contributed by atoms with E-state index in [0.29, 0.717) is 6.42 Å². The highest BCUT2D eigenvalue weighted by atomic mass is 79.9. The van der Waals surface area contributed by atoms with Crippen molar-refractivity contribution in [3.8, 4) is 0 Å². The lowest BCUT2D eigenvalue weighted by Crippen LogP contribution is -2.11. The smallest absolute Gasteiger partial charge is 0.0583 e. The largest absolute Gasteiger partial charge is 0.393 e. The summed E-state index contributed by atoms with van der Waals surface area (Å²) in [7, 11) is 1.90. The number of halogens is 1. The first-order valence-electron chi connectivity index (χ1n) is 6.03. The van der Waals surface area contributed by atoms with Gasteiger partial charge in [0.2, 0.25) is 0 Å². The molecular weight excluding hydrogens is 292 g/mol. The minimum Gasteiger partial charge on any atom is -0.393 e. The van der Waals surface area contributed by atoms with E-state index in [0.717, 1.165) is 22.9 Å². The van der Waals surface area contributed by atoms with E-state index in [-0.39, 0.29) is 6.10 Å². The third kappa shape index (κ3) is 3.96. The van der Waals surface area contributed by atoms with Gasteiger partial charge in [0, 0.05) is 17.7 Å². The molecule has 0 aliphatic carbocycles. The molecule has 2 aromatic rings. The number of benzene rings is 1. The average molecular weight is 309 g/mol. The molecule has 3 nitrogen and oxygen atoms in total. The van der Waals surface area contributed by atoms with E-state index in [4.69, 9.17) is 0 Å². The van der Waals surface area contributed by atoms with Gasteiger partial charge < -0.3 is 5.11 Å². The van der Waals surface area contributed by atoms with E-state index in [1.807, 2.05) is 43.7 Å². The molecule has 1 N–H and O–H groups in total. The van der Waals surface area contributed by atoms with Crippen LogP contribution >= 0.6 is 15.9 Å². The summed E-state index contributed by atoms with van der Waals surface area (Å²) in [6, 6.07) is 8.07. The lowest BCUT2D eigenvalue weighted by Gasteiger charge is -2.10. The molecule has 0 saturated carbocycles. The molecular formula is C14H17BrN2O. The lowest BCUT2D eigenvalue weighted by atomic mass is 10.0. The average Bonchev–Trinajstić information content (AvgIpc) is 2.73. The molecule has 18 heavy (non-hydrogen) atoms. The number of aryl methyl sites for hydroxylation is 2. The second-order valence-electron chi connectivity index (χ2n) is 4.55. The predicted molar refractivity (Wildman–Crippen MR) is 75.4 cm³/mol. The summed E-state index contributed by atoms with van der Waals surface area (Å²) < 4.78 is 2.84. The Balaban J connectivity index is 1.83. The Morgan fingerprint density at radius 3 is 2.89 bits per heavy atom. The van der Waals surface area contributed by atoms with Gasteiger partial charge in [-0.2, -0.15) is 5.10 Å². The Morgan fingerprint density at radius 1 is 1.39 bits per heavy atom. The molecule has 1 unspecified atom stereocenters. The van der Waals surface area contributed by atoms with Crippen molar-refractivity contribution in [3.05, 3.63) is 52.3 Å². The van der Waals surface area contributed by atoms with Crippen LogP contribution in [0.3, 0.4) is 0 Å². The van der Waals surface area contributed by atoms with E-state index in [1.165, 1.54) is 5.56 Å². The third-order valence-corrected chi connectivity index (χ3v) is 3.38. The summed E-state index contributed by atoms with van der Waals surface area (Å²) in [4.78, 5) is 0. The second-order valence-corrected chi connectivity index (χ2v) is 5.46. The van der Waals surface area contributed by atoms with Gasteiger partial charge in [-0.25, -0.2) is 0 Å². The van der Waals surface area contributed by atoms with Crippen molar-refractivity contribution in [3.63, 3.8) is 0 Å². The molecule has 0 amide bonds. The Kier molecular flexibility index (Phi) is 4.55. The lowest BCUT2D eigenvalue weighted by molar-refractivity contribution is 0.165. The fraction of sp³-hybridized carbons (Fsp3) is 0.357. The van der Waals surface area contributed by atoms with Crippen LogP contribution in [0, 0.1) is 0 Å². The third-order valence-electron chi connectivity index (χ3n) is 2.88. The fourth-order valence-electron chi connectivity index (χ4n) is 1.97. The van der Waals surface area contributed by atoms with Crippen molar-refractivity contribution in [2.24, 2.45) is 7.05 Å². The second kappa shape index (κ2) is 6.16. The number of aliphatic hydroxyl groups is 1. The monoisotopic (exact) mass is 308 g/mol. The normalized spacial score (nSPS) is 12.6. The fourth-order valence-corrected chi connectivity index (χ4v) is 2.42. The summed E-state index contributed by atoms with van der Waals surface area (Å²) in [6.07, 6.45) is 5.86. The molecule has 0 fully saturated rings. The van der Waals surface area contributed by atoms with Crippen molar-refractivity contribution < 1.29 is 5.11 Å². The van der Waals surface area contributed by atoms with Crippen molar-refractivity contribution >= 4 is 15.9 Å². The number of aliphatic hydroxyl groups excluding tert-OH is 1. The van der Waals surface area contributed by atoms with Crippen LogP contribution in [0.1, 0.15) is 17.5 Å². The minimum atomic E-state index is -0.306. The molecule has 4 heteroatoms. The van der Waals surface area contributed by atoms with E-state index in [1.54, 1.807) is 4.68 Å². The maximum Gasteiger partial charge on any atom is 0.0583 e. The van der Waals surface area contributed by atoms with Gasteiger partial charge >= 0.3 is 0 Å². The van der Waals surface area contributed by atoms with Crippen LogP contribution in [-0.4, -0.2) is 21.0 Å². The van der Waals surface area contributed by atoms with E-state index in [2.05, 4.69) is 21.0 Å². The highest BCUT2D eigenvalue weighted by molar-refractivity contribution is 9.10. The molecule has 96 valence electrons. The van der Waals surface area contributed by atoms with Gasteiger partial charge in [-0.3, -0.25) is 4.68 Å². The van der Waals surface area contributed by atoms with Gasteiger partial charge in [0.05, 0.1) is 12.3 Å². The standard InChI is InChI=1S/C14H17BrN2O/c1-17-10-12(9-16-17)5-6-14(18)8-11-3-2-4-13(15)7-11/h2-4,7,9-10,14,18H,5-6,8H2,1H3. The number of rotatable bonds is 5. The Hall–Kier alpha value is -1.13. The van der Waals surface area contributed by atoms with Crippen LogP contribution in [-0.2, 0) is 19.9 Å². The van der Waals surface area contributed by atoms with Crippen LogP contribution in [0.25, 0.3) is 0 Å². The summed E-state index contributed by atoms with van der Waals surface area (Å²) in [6.45, 7) is 0. The van der Waals surface area contributed by atoms with E-state index >= 15 is 0 Å². The first-order valence-corrected chi connectivity index (χ1v) is 6.83. The molecule has 1 atom stereocenters. The highest BCUT2D eigenvalue weighted by Gasteiger charge is 2.07. The first-order chi connectivity index (χ1) is 8.63. The zero-order valence-corrected chi connectivity index (χ0v) is 12.0. The van der Waals surface area contributed by atoms with Crippen LogP contribution in [0.4, 0.5) is 0 Å². The van der Waals surface area contributed by atoms with Crippen molar-refractivity contribution in [2.45, 2.75) is 25.4 Å². The summed E-state index contributed by atoms with van der Waals surface area (Å²) in [5.74, 6) is 0. The summed E-state index contributed by atoms with van der Waals surface area (Å²) >= 11 is 3.44. The van der Waals surface area contributed by atoms with Gasteiger partial charge in [-0.15, -0.1) is 0 Å². The molecule has 1 heterocycles. The van der Waals surface area contributed by atoms with Crippen LogP contribution < -0.4 is 0 Å². The maximum absolute atomic E-state index is 10.0. The molecule has 0 aliphatic heterocycles. The molecule has 1 aromatic heterocycles. The van der Waals surface area contributed by atoms with E-state index < -0.39 is 0 Å². The number of aromatic nitrogens is 2. The van der Waals surface area contributed by atoms with Gasteiger partial charge in [-0.05, 0) is 42.5 Å². The SMILES string of the molecule is Cn1cc(CCC(O)Cc2cccc(Br)c2)cn1. The van der Waals surface area contributed by atoms with Crippen LogP contribution in [0.5, 0.6) is 0 Å². The number of hydrogen-bond acceptors (Lipinski definition) is 2. The maximum atomic E-state index is 10.0. The van der Waals surface area contributed by atoms with Crippen LogP contribution in [0.2, 0.25) is 0 Å². The van der Waals surface area contributed by atoms with Crippen molar-refractivity contribution in [1.29, 1.82) is 0 Å². The number of nitrogens with zero attached hydrogens (tertiary/aromatic N) is 2.